The molecule has 0 radical (unpaired) electrons. The van der Waals surface area contributed by atoms with Gasteiger partial charge in [0.1, 0.15) is 0 Å². The van der Waals surface area contributed by atoms with Crippen LogP contribution in [0.15, 0.2) is 11.8 Å². The van der Waals surface area contributed by atoms with Gasteiger partial charge in [-0.15, -0.1) is 0 Å². The van der Waals surface area contributed by atoms with Crippen LogP contribution in [0.4, 0.5) is 0 Å². The lowest BCUT2D eigenvalue weighted by molar-refractivity contribution is 0.227. The molecular formula is C9H18O. The Kier molecular flexibility index (Phi) is 5.09. The Hall–Kier alpha value is -0.460. The number of hydrogen-bond acceptors (Lipinski definition) is 1. The molecule has 0 unspecified atom stereocenters. The summed E-state index contributed by atoms with van der Waals surface area (Å²) >= 11 is 0. The van der Waals surface area contributed by atoms with E-state index in [2.05, 4.69) is 13.8 Å². The Morgan fingerprint density at radius 3 is 2.40 bits per heavy atom. The van der Waals surface area contributed by atoms with Crippen molar-refractivity contribution < 1.29 is 4.74 Å². The van der Waals surface area contributed by atoms with E-state index in [0.717, 1.165) is 18.9 Å². The summed E-state index contributed by atoms with van der Waals surface area (Å²) in [6.45, 7) is 9.32. The largest absolute Gasteiger partial charge is 0.501 e. The normalized spacial score (nSPS) is 9.70. The van der Waals surface area contributed by atoms with Gasteiger partial charge in [0.05, 0.1) is 12.9 Å². The average Bonchev–Trinajstić information content (AvgIpc) is 1.79. The van der Waals surface area contributed by atoms with Crippen LogP contribution in [-0.2, 0) is 4.74 Å². The van der Waals surface area contributed by atoms with Crippen LogP contribution >= 0.6 is 0 Å². The molecule has 0 aliphatic heterocycles. The highest BCUT2D eigenvalue weighted by Crippen LogP contribution is 1.99. The van der Waals surface area contributed by atoms with E-state index in [1.165, 1.54) is 5.57 Å². The first-order valence-electron chi connectivity index (χ1n) is 3.88. The van der Waals surface area contributed by atoms with Crippen molar-refractivity contribution in [2.24, 2.45) is 5.92 Å². The van der Waals surface area contributed by atoms with Gasteiger partial charge in [-0.05, 0) is 31.8 Å². The van der Waals surface area contributed by atoms with Crippen molar-refractivity contribution >= 4 is 0 Å². The molecule has 0 atom stereocenters. The van der Waals surface area contributed by atoms with Gasteiger partial charge in [0.25, 0.3) is 0 Å². The van der Waals surface area contributed by atoms with Crippen LogP contribution in [0.3, 0.4) is 0 Å². The minimum Gasteiger partial charge on any atom is -0.501 e. The number of allylic oxidation sites excluding steroid dienone is 1. The average molecular weight is 142 g/mol. The summed E-state index contributed by atoms with van der Waals surface area (Å²) in [5.41, 5.74) is 1.23. The van der Waals surface area contributed by atoms with E-state index in [4.69, 9.17) is 4.74 Å². The second-order valence-electron chi connectivity index (χ2n) is 3.25. The van der Waals surface area contributed by atoms with E-state index >= 15 is 0 Å². The summed E-state index contributed by atoms with van der Waals surface area (Å²) in [6, 6.07) is 0. The monoisotopic (exact) mass is 142 g/mol. The third-order valence-corrected chi connectivity index (χ3v) is 1.13. The van der Waals surface area contributed by atoms with Crippen molar-refractivity contribution in [1.29, 1.82) is 0 Å². The molecule has 0 aliphatic rings. The molecule has 0 heterocycles. The molecule has 1 heteroatoms. The van der Waals surface area contributed by atoms with Gasteiger partial charge in [0.15, 0.2) is 0 Å². The summed E-state index contributed by atoms with van der Waals surface area (Å²) in [6.07, 6.45) is 2.96. The van der Waals surface area contributed by atoms with Gasteiger partial charge >= 0.3 is 0 Å². The lowest BCUT2D eigenvalue weighted by Gasteiger charge is -2.03. The van der Waals surface area contributed by atoms with Crippen molar-refractivity contribution in [1.82, 2.24) is 0 Å². The van der Waals surface area contributed by atoms with Crippen LogP contribution in [0.25, 0.3) is 0 Å². The van der Waals surface area contributed by atoms with Gasteiger partial charge in [-0.3, -0.25) is 0 Å². The minimum atomic E-state index is 0.741. The number of ether oxygens (including phenoxy) is 1. The predicted molar refractivity (Wildman–Crippen MR) is 44.8 cm³/mol. The second-order valence-corrected chi connectivity index (χ2v) is 3.25. The molecule has 10 heavy (non-hydrogen) atoms. The molecule has 1 nitrogen and oxygen atoms in total. The van der Waals surface area contributed by atoms with Crippen LogP contribution in [-0.4, -0.2) is 6.61 Å². The van der Waals surface area contributed by atoms with Crippen LogP contribution in [0.2, 0.25) is 0 Å². The molecule has 0 saturated carbocycles. The zero-order chi connectivity index (χ0) is 7.98. The fourth-order valence-corrected chi connectivity index (χ4v) is 0.529. The highest BCUT2D eigenvalue weighted by atomic mass is 16.5. The minimum absolute atomic E-state index is 0.741. The molecule has 0 fully saturated rings. The fraction of sp³-hybridized carbons (Fsp3) is 0.778. The van der Waals surface area contributed by atoms with E-state index in [9.17, 15) is 0 Å². The topological polar surface area (TPSA) is 9.23 Å². The third-order valence-electron chi connectivity index (χ3n) is 1.13. The smallest absolute Gasteiger partial charge is 0.0875 e. The molecule has 0 bridgehead atoms. The van der Waals surface area contributed by atoms with Crippen molar-refractivity contribution in [3.05, 3.63) is 11.8 Å². The van der Waals surface area contributed by atoms with E-state index < -0.39 is 0 Å². The Morgan fingerprint density at radius 1 is 1.40 bits per heavy atom. The maximum Gasteiger partial charge on any atom is 0.0875 e. The van der Waals surface area contributed by atoms with E-state index in [1.54, 1.807) is 0 Å². The van der Waals surface area contributed by atoms with Crippen molar-refractivity contribution in [3.63, 3.8) is 0 Å². The molecule has 0 rings (SSSR count). The summed E-state index contributed by atoms with van der Waals surface area (Å²) in [4.78, 5) is 0. The zero-order valence-electron chi connectivity index (χ0n) is 7.48. The Morgan fingerprint density at radius 2 is 2.00 bits per heavy atom. The van der Waals surface area contributed by atoms with Crippen molar-refractivity contribution in [2.45, 2.75) is 34.1 Å². The van der Waals surface area contributed by atoms with Gasteiger partial charge < -0.3 is 4.74 Å². The van der Waals surface area contributed by atoms with Gasteiger partial charge in [-0.2, -0.15) is 0 Å². The number of hydrogen-bond donors (Lipinski definition) is 0. The van der Waals surface area contributed by atoms with E-state index in [1.807, 2.05) is 20.1 Å². The molecule has 0 aliphatic carbocycles. The lowest BCUT2D eigenvalue weighted by Crippen LogP contribution is -1.94. The predicted octanol–water partition coefficient (Wildman–Crippen LogP) is 2.97. The molecule has 60 valence electrons. The molecule has 0 N–H and O–H groups in total. The quantitative estimate of drug-likeness (QED) is 0.433. The Labute approximate surface area is 64.1 Å². The maximum atomic E-state index is 5.24. The van der Waals surface area contributed by atoms with Crippen molar-refractivity contribution in [2.75, 3.05) is 6.61 Å². The van der Waals surface area contributed by atoms with Crippen LogP contribution in [0.5, 0.6) is 0 Å². The standard InChI is InChI=1S/C9H18O/c1-8(2)5-6-10-7-9(3)4/h7-8H,5-6H2,1-4H3. The van der Waals surface area contributed by atoms with Gasteiger partial charge in [-0.1, -0.05) is 13.8 Å². The third kappa shape index (κ3) is 7.54. The van der Waals surface area contributed by atoms with Crippen LogP contribution in [0.1, 0.15) is 34.1 Å². The Bertz CT molecular complexity index is 99.3. The molecule has 0 saturated heterocycles. The lowest BCUT2D eigenvalue weighted by atomic mass is 10.1. The molecule has 0 aromatic carbocycles. The fourth-order valence-electron chi connectivity index (χ4n) is 0.529. The highest BCUT2D eigenvalue weighted by Gasteiger charge is 1.91. The van der Waals surface area contributed by atoms with Gasteiger partial charge in [0.2, 0.25) is 0 Å². The van der Waals surface area contributed by atoms with E-state index in [0.29, 0.717) is 0 Å². The second kappa shape index (κ2) is 5.33. The summed E-state index contributed by atoms with van der Waals surface area (Å²) < 4.78 is 5.24. The highest BCUT2D eigenvalue weighted by molar-refractivity contribution is 4.86. The van der Waals surface area contributed by atoms with Crippen molar-refractivity contribution in [3.8, 4) is 0 Å². The van der Waals surface area contributed by atoms with Gasteiger partial charge in [-0.25, -0.2) is 0 Å². The molecule has 0 aromatic heterocycles. The number of rotatable bonds is 4. The maximum absolute atomic E-state index is 5.24. The first kappa shape index (κ1) is 9.54. The summed E-state index contributed by atoms with van der Waals surface area (Å²) in [5.74, 6) is 0.741. The first-order valence-corrected chi connectivity index (χ1v) is 3.88. The molecular weight excluding hydrogens is 124 g/mol. The van der Waals surface area contributed by atoms with Gasteiger partial charge in [0, 0.05) is 0 Å². The first-order chi connectivity index (χ1) is 4.63. The van der Waals surface area contributed by atoms with E-state index in [-0.39, 0.29) is 0 Å². The van der Waals surface area contributed by atoms with Crippen LogP contribution < -0.4 is 0 Å². The SMILES string of the molecule is CC(C)=COCCC(C)C. The molecule has 0 aromatic rings. The molecule has 0 spiro atoms. The summed E-state index contributed by atoms with van der Waals surface area (Å²) in [7, 11) is 0. The van der Waals surface area contributed by atoms with Crippen LogP contribution in [0, 0.1) is 5.92 Å². The summed E-state index contributed by atoms with van der Waals surface area (Å²) in [5, 5.41) is 0. The molecule has 0 amide bonds. The zero-order valence-corrected chi connectivity index (χ0v) is 7.48. The Balaban J connectivity index is 3.13.